The Morgan fingerprint density at radius 1 is 1.12 bits per heavy atom. The van der Waals surface area contributed by atoms with Gasteiger partial charge in [0.05, 0.1) is 36.0 Å². The molecule has 15 heteroatoms. The van der Waals surface area contributed by atoms with Crippen LogP contribution in [-0.2, 0) is 33.8 Å². The van der Waals surface area contributed by atoms with Gasteiger partial charge in [0, 0.05) is 50.7 Å². The zero-order valence-electron chi connectivity index (χ0n) is 28.1. The summed E-state index contributed by atoms with van der Waals surface area (Å²) in [5.41, 5.74) is 1.26. The van der Waals surface area contributed by atoms with Gasteiger partial charge in [0.25, 0.3) is 5.91 Å². The van der Waals surface area contributed by atoms with E-state index in [0.29, 0.717) is 34.3 Å². The second-order valence-electron chi connectivity index (χ2n) is 12.6. The maximum absolute atomic E-state index is 14.0. The monoisotopic (exact) mass is 704 g/mol. The average Bonchev–Trinajstić information content (AvgIpc) is 3.07. The number of likely N-dealkylation sites (tertiary alicyclic amines) is 1. The van der Waals surface area contributed by atoms with E-state index < -0.39 is 21.8 Å². The van der Waals surface area contributed by atoms with Crippen LogP contribution in [0, 0.1) is 6.92 Å². The van der Waals surface area contributed by atoms with Gasteiger partial charge in [-0.05, 0) is 87.4 Å². The van der Waals surface area contributed by atoms with Crippen molar-refractivity contribution in [1.82, 2.24) is 20.2 Å². The Labute approximate surface area is 285 Å². The lowest BCUT2D eigenvalue weighted by molar-refractivity contribution is -0.138. The fourth-order valence-corrected chi connectivity index (χ4v) is 6.87. The SMILES string of the molecule is COc1cc(C(=O)N[C@H]2CCCN(C3CCOCC3)C2)ccc1Nc1ncc(C(F)(F)F)c(CCc2ccc(C)cc2N(C)S(C)(=O)=O)n1. The molecule has 5 rings (SSSR count). The van der Waals surface area contributed by atoms with E-state index in [9.17, 15) is 26.4 Å². The first-order valence-electron chi connectivity index (χ1n) is 16.3. The summed E-state index contributed by atoms with van der Waals surface area (Å²) >= 11 is 0. The van der Waals surface area contributed by atoms with Crippen molar-refractivity contribution in [3.63, 3.8) is 0 Å². The molecule has 1 aromatic heterocycles. The van der Waals surface area contributed by atoms with Crippen LogP contribution in [0.25, 0.3) is 0 Å². The molecule has 0 aliphatic carbocycles. The van der Waals surface area contributed by atoms with Gasteiger partial charge >= 0.3 is 6.18 Å². The molecule has 3 heterocycles. The van der Waals surface area contributed by atoms with Crippen LogP contribution in [-0.4, -0.2) is 88.0 Å². The number of benzene rings is 2. The molecule has 0 radical (unpaired) electrons. The number of piperidine rings is 1. The highest BCUT2D eigenvalue weighted by Crippen LogP contribution is 2.34. The van der Waals surface area contributed by atoms with Crippen LogP contribution in [0.3, 0.4) is 0 Å². The number of alkyl halides is 3. The number of nitrogens with zero attached hydrogens (tertiary/aromatic N) is 4. The van der Waals surface area contributed by atoms with Gasteiger partial charge in [-0.1, -0.05) is 12.1 Å². The second-order valence-corrected chi connectivity index (χ2v) is 14.6. The third-order valence-corrected chi connectivity index (χ3v) is 10.3. The van der Waals surface area contributed by atoms with Crippen molar-refractivity contribution < 1.29 is 35.9 Å². The number of halogens is 3. The molecule has 0 saturated carbocycles. The maximum Gasteiger partial charge on any atom is 0.419 e. The topological polar surface area (TPSA) is 126 Å². The highest BCUT2D eigenvalue weighted by molar-refractivity contribution is 7.92. The van der Waals surface area contributed by atoms with Gasteiger partial charge in [0.1, 0.15) is 5.75 Å². The number of ether oxygens (including phenoxy) is 2. The van der Waals surface area contributed by atoms with Crippen LogP contribution in [0.4, 0.5) is 30.5 Å². The lowest BCUT2D eigenvalue weighted by Crippen LogP contribution is -2.52. The van der Waals surface area contributed by atoms with E-state index in [-0.39, 0.29) is 36.4 Å². The molecular formula is C34H43F3N6O5S. The molecular weight excluding hydrogens is 661 g/mol. The van der Waals surface area contributed by atoms with E-state index in [1.165, 1.54) is 14.2 Å². The van der Waals surface area contributed by atoms with Gasteiger partial charge in [-0.25, -0.2) is 18.4 Å². The van der Waals surface area contributed by atoms with E-state index in [4.69, 9.17) is 9.47 Å². The lowest BCUT2D eigenvalue weighted by Gasteiger charge is -2.40. The van der Waals surface area contributed by atoms with Gasteiger partial charge in [0.15, 0.2) is 0 Å². The molecule has 1 amide bonds. The third-order valence-electron chi connectivity index (χ3n) is 9.09. The van der Waals surface area contributed by atoms with Crippen molar-refractivity contribution in [3.8, 4) is 5.75 Å². The highest BCUT2D eigenvalue weighted by atomic mass is 32.2. The Balaban J connectivity index is 1.31. The molecule has 49 heavy (non-hydrogen) atoms. The molecule has 2 fully saturated rings. The van der Waals surface area contributed by atoms with Gasteiger partial charge in [-0.3, -0.25) is 14.0 Å². The fraction of sp³-hybridized carbons (Fsp3) is 0.500. The molecule has 0 spiro atoms. The predicted molar refractivity (Wildman–Crippen MR) is 181 cm³/mol. The molecule has 2 saturated heterocycles. The van der Waals surface area contributed by atoms with Crippen LogP contribution >= 0.6 is 0 Å². The minimum absolute atomic E-state index is 0.00891. The molecule has 0 bridgehead atoms. The summed E-state index contributed by atoms with van der Waals surface area (Å²) in [5.74, 6) is -0.0432. The van der Waals surface area contributed by atoms with Crippen LogP contribution in [0.5, 0.6) is 5.75 Å². The summed E-state index contributed by atoms with van der Waals surface area (Å²) in [6.07, 6.45) is 0.906. The van der Waals surface area contributed by atoms with Crippen LogP contribution < -0.4 is 19.7 Å². The van der Waals surface area contributed by atoms with Crippen molar-refractivity contribution in [2.45, 2.75) is 63.7 Å². The number of carbonyl (C=O) groups is 1. The molecule has 2 aliphatic heterocycles. The molecule has 11 nitrogen and oxygen atoms in total. The van der Waals surface area contributed by atoms with E-state index in [1.807, 2.05) is 0 Å². The van der Waals surface area contributed by atoms with E-state index in [1.54, 1.807) is 43.3 Å². The molecule has 2 N–H and O–H groups in total. The number of anilines is 3. The summed E-state index contributed by atoms with van der Waals surface area (Å²) in [7, 11) is -0.770. The summed E-state index contributed by atoms with van der Waals surface area (Å²) in [6, 6.07) is 10.4. The van der Waals surface area contributed by atoms with Crippen molar-refractivity contribution in [3.05, 3.63) is 70.5 Å². The van der Waals surface area contributed by atoms with E-state index in [0.717, 1.165) is 74.3 Å². The van der Waals surface area contributed by atoms with Crippen LogP contribution in [0.2, 0.25) is 0 Å². The number of amides is 1. The predicted octanol–water partition coefficient (Wildman–Crippen LogP) is 5.11. The quantitative estimate of drug-likeness (QED) is 0.280. The largest absolute Gasteiger partial charge is 0.495 e. The van der Waals surface area contributed by atoms with Crippen molar-refractivity contribution in [1.29, 1.82) is 0 Å². The number of rotatable bonds is 11. The number of aromatic nitrogens is 2. The number of carbonyl (C=O) groups excluding carboxylic acids is 1. The summed E-state index contributed by atoms with van der Waals surface area (Å²) < 4.78 is 78.7. The highest BCUT2D eigenvalue weighted by Gasteiger charge is 2.35. The van der Waals surface area contributed by atoms with Gasteiger partial charge in [0.2, 0.25) is 16.0 Å². The molecule has 2 aromatic carbocycles. The maximum atomic E-state index is 14.0. The Bertz CT molecular complexity index is 1750. The first kappa shape index (κ1) is 36.3. The Morgan fingerprint density at radius 2 is 1.88 bits per heavy atom. The number of sulfonamides is 1. The van der Waals surface area contributed by atoms with E-state index >= 15 is 0 Å². The van der Waals surface area contributed by atoms with Crippen LogP contribution in [0.1, 0.15) is 58.4 Å². The van der Waals surface area contributed by atoms with Gasteiger partial charge < -0.3 is 20.1 Å². The number of nitrogens with one attached hydrogen (secondary N) is 2. The average molecular weight is 705 g/mol. The zero-order valence-corrected chi connectivity index (χ0v) is 29.0. The number of hydrogen-bond acceptors (Lipinski definition) is 9. The molecule has 266 valence electrons. The van der Waals surface area contributed by atoms with Crippen molar-refractivity contribution in [2.75, 3.05) is 56.3 Å². The number of hydrogen-bond donors (Lipinski definition) is 2. The molecule has 3 aromatic rings. The normalized spacial score (nSPS) is 17.8. The lowest BCUT2D eigenvalue weighted by atomic mass is 9.99. The second kappa shape index (κ2) is 15.3. The van der Waals surface area contributed by atoms with Crippen molar-refractivity contribution in [2.24, 2.45) is 0 Å². The summed E-state index contributed by atoms with van der Waals surface area (Å²) in [4.78, 5) is 23.8. The van der Waals surface area contributed by atoms with Crippen molar-refractivity contribution >= 4 is 33.3 Å². The first-order valence-corrected chi connectivity index (χ1v) is 18.1. The Kier molecular flexibility index (Phi) is 11.3. The van der Waals surface area contributed by atoms with Gasteiger partial charge in [-0.15, -0.1) is 0 Å². The number of aryl methyl sites for hydroxylation is 3. The Hall–Kier alpha value is -3.95. The minimum Gasteiger partial charge on any atom is -0.495 e. The van der Waals surface area contributed by atoms with Gasteiger partial charge in [-0.2, -0.15) is 13.2 Å². The molecule has 2 aliphatic rings. The number of methoxy groups -OCH3 is 1. The van der Waals surface area contributed by atoms with E-state index in [2.05, 4.69) is 25.5 Å². The molecule has 1 atom stereocenters. The standard InChI is InChI=1S/C34H43F3N6O5S/c1-22-7-8-23(30(18-22)42(2)49(4,45)46)9-11-28-27(34(35,36)37)20-38-33(40-28)41-29-12-10-24(19-31(29)47-3)32(44)39-25-6-5-15-43(21-25)26-13-16-48-17-14-26/h7-8,10,12,18-20,25-26H,5-6,9,11,13-17,21H2,1-4H3,(H,39,44)(H,38,40,41)/t25-/m0/s1. The zero-order chi connectivity index (χ0) is 35.3. The first-order chi connectivity index (χ1) is 23.2. The van der Waals surface area contributed by atoms with Crippen LogP contribution in [0.15, 0.2) is 42.6 Å². The Morgan fingerprint density at radius 3 is 2.57 bits per heavy atom. The molecule has 0 unspecified atom stereocenters. The fourth-order valence-electron chi connectivity index (χ4n) is 6.35. The summed E-state index contributed by atoms with van der Waals surface area (Å²) in [5, 5.41) is 6.08. The third kappa shape index (κ3) is 9.19. The minimum atomic E-state index is -4.71. The summed E-state index contributed by atoms with van der Waals surface area (Å²) in [6.45, 7) is 5.11. The smallest absolute Gasteiger partial charge is 0.419 e.